The second kappa shape index (κ2) is 16.6. The Morgan fingerprint density at radius 2 is 1.23 bits per heavy atom. The summed E-state index contributed by atoms with van der Waals surface area (Å²) in [7, 11) is -4.03. The largest absolute Gasteiger partial charge is 0.367 e. The van der Waals surface area contributed by atoms with Gasteiger partial charge in [-0.3, -0.25) is 9.45 Å². The van der Waals surface area contributed by atoms with Crippen LogP contribution in [0.25, 0.3) is 0 Å². The van der Waals surface area contributed by atoms with E-state index in [1.165, 1.54) is 42.3 Å². The first-order valence-corrected chi connectivity index (χ1v) is 16.3. The van der Waals surface area contributed by atoms with Gasteiger partial charge in [0.05, 0.1) is 11.5 Å². The minimum Gasteiger partial charge on any atom is -0.367 e. The molecule has 1 heterocycles. The van der Waals surface area contributed by atoms with E-state index in [0.717, 1.165) is 56.8 Å². The lowest BCUT2D eigenvalue weighted by Crippen LogP contribution is -2.47. The van der Waals surface area contributed by atoms with Gasteiger partial charge in [0.25, 0.3) is 10.1 Å². The third kappa shape index (κ3) is 10.6. The average Bonchev–Trinajstić information content (AvgIpc) is 3.02. The summed E-state index contributed by atoms with van der Waals surface area (Å²) in [5, 5.41) is 0. The Morgan fingerprint density at radius 3 is 1.73 bits per heavy atom. The van der Waals surface area contributed by atoms with E-state index in [2.05, 4.69) is 40.1 Å². The van der Waals surface area contributed by atoms with Crippen molar-refractivity contribution in [2.75, 3.05) is 45.9 Å². The van der Waals surface area contributed by atoms with Gasteiger partial charge in [-0.2, -0.15) is 8.42 Å². The van der Waals surface area contributed by atoms with Crippen LogP contribution in [0.2, 0.25) is 0 Å². The van der Waals surface area contributed by atoms with Gasteiger partial charge in [-0.1, -0.05) is 72.8 Å². The molecule has 4 aromatic carbocycles. The van der Waals surface area contributed by atoms with Gasteiger partial charge < -0.3 is 9.64 Å². The van der Waals surface area contributed by atoms with Crippen molar-refractivity contribution in [3.8, 4) is 0 Å². The molecule has 0 amide bonds. The summed E-state index contributed by atoms with van der Waals surface area (Å²) in [6.45, 7) is 8.39. The molecule has 1 N–H and O–H groups in total. The predicted molar refractivity (Wildman–Crippen MR) is 169 cm³/mol. The molecular formula is C35H40F2N2O4S. The van der Waals surface area contributed by atoms with Crippen molar-refractivity contribution in [2.24, 2.45) is 0 Å². The summed E-state index contributed by atoms with van der Waals surface area (Å²) in [5.41, 5.74) is 3.69. The molecule has 4 aromatic rings. The number of rotatable bonds is 11. The van der Waals surface area contributed by atoms with Crippen molar-refractivity contribution in [3.63, 3.8) is 0 Å². The highest BCUT2D eigenvalue weighted by molar-refractivity contribution is 7.85. The number of benzene rings is 4. The topological polar surface area (TPSA) is 70.1 Å². The number of nitrogens with zero attached hydrogens (tertiary/aromatic N) is 2. The van der Waals surface area contributed by atoms with Crippen molar-refractivity contribution < 1.29 is 26.5 Å². The number of hydrogen-bond donors (Lipinski definition) is 1. The van der Waals surface area contributed by atoms with Gasteiger partial charge >= 0.3 is 0 Å². The Bertz CT molecular complexity index is 1480. The maximum atomic E-state index is 13.4. The number of hydrogen-bond acceptors (Lipinski definition) is 5. The van der Waals surface area contributed by atoms with Crippen molar-refractivity contribution in [1.82, 2.24) is 9.80 Å². The van der Waals surface area contributed by atoms with Gasteiger partial charge in [0.1, 0.15) is 17.7 Å². The molecule has 9 heteroatoms. The van der Waals surface area contributed by atoms with Crippen molar-refractivity contribution in [3.05, 3.63) is 137 Å². The van der Waals surface area contributed by atoms with E-state index in [4.69, 9.17) is 9.29 Å². The molecule has 1 saturated heterocycles. The Kier molecular flexibility index (Phi) is 12.6. The van der Waals surface area contributed by atoms with Crippen LogP contribution >= 0.6 is 0 Å². The van der Waals surface area contributed by atoms with Crippen LogP contribution in [0.5, 0.6) is 0 Å². The van der Waals surface area contributed by atoms with Crippen LogP contribution in [0.4, 0.5) is 8.78 Å². The van der Waals surface area contributed by atoms with Crippen LogP contribution in [0.3, 0.4) is 0 Å². The van der Waals surface area contributed by atoms with E-state index in [1.54, 1.807) is 49.4 Å². The summed E-state index contributed by atoms with van der Waals surface area (Å²) >= 11 is 0. The van der Waals surface area contributed by atoms with E-state index in [9.17, 15) is 17.2 Å². The molecule has 1 aliphatic rings. The first-order valence-electron chi connectivity index (χ1n) is 14.8. The van der Waals surface area contributed by atoms with Gasteiger partial charge in [-0.15, -0.1) is 0 Å². The maximum absolute atomic E-state index is 13.4. The van der Waals surface area contributed by atoms with Gasteiger partial charge in [-0.05, 0) is 78.9 Å². The molecule has 44 heavy (non-hydrogen) atoms. The van der Waals surface area contributed by atoms with Crippen LogP contribution < -0.4 is 0 Å². The number of aryl methyl sites for hydroxylation is 2. The second-order valence-corrected chi connectivity index (χ2v) is 12.3. The lowest BCUT2D eigenvalue weighted by atomic mass is 10.0. The molecule has 1 fully saturated rings. The summed E-state index contributed by atoms with van der Waals surface area (Å²) in [6.07, 6.45) is 1.97. The van der Waals surface area contributed by atoms with E-state index < -0.39 is 10.1 Å². The molecule has 0 aliphatic carbocycles. The maximum Gasteiger partial charge on any atom is 0.294 e. The third-order valence-electron chi connectivity index (χ3n) is 7.66. The monoisotopic (exact) mass is 622 g/mol. The molecule has 1 aliphatic heterocycles. The van der Waals surface area contributed by atoms with E-state index >= 15 is 0 Å². The summed E-state index contributed by atoms with van der Waals surface area (Å²) in [5.74, 6) is -0.559. The molecule has 6 nitrogen and oxygen atoms in total. The molecule has 0 unspecified atom stereocenters. The van der Waals surface area contributed by atoms with Crippen molar-refractivity contribution in [2.45, 2.75) is 30.8 Å². The van der Waals surface area contributed by atoms with Crippen LogP contribution in [0.15, 0.2) is 108 Å². The first kappa shape index (κ1) is 33.4. The highest BCUT2D eigenvalue weighted by Crippen LogP contribution is 2.26. The zero-order valence-corrected chi connectivity index (χ0v) is 25.8. The molecule has 0 atom stereocenters. The lowest BCUT2D eigenvalue weighted by Gasteiger charge is -2.35. The van der Waals surface area contributed by atoms with Crippen LogP contribution in [-0.2, 0) is 21.3 Å². The minimum atomic E-state index is -4.03. The van der Waals surface area contributed by atoms with Crippen molar-refractivity contribution >= 4 is 10.1 Å². The second-order valence-electron chi connectivity index (χ2n) is 10.9. The normalized spacial score (nSPS) is 14.3. The highest BCUT2D eigenvalue weighted by atomic mass is 32.2. The lowest BCUT2D eigenvalue weighted by molar-refractivity contribution is 0.0451. The molecule has 0 saturated carbocycles. The SMILES string of the molecule is Cc1ccccc1S(=O)(=O)O.Fc1ccc(C(OCCN2CCN(CCCc3ccccc3)CC2)c2ccc(F)cc2)cc1. The zero-order chi connectivity index (χ0) is 31.4. The fourth-order valence-electron chi connectivity index (χ4n) is 5.19. The Balaban J connectivity index is 0.000000339. The summed E-state index contributed by atoms with van der Waals surface area (Å²) in [4.78, 5) is 4.94. The third-order valence-corrected chi connectivity index (χ3v) is 8.67. The number of ether oxygens (including phenoxy) is 1. The van der Waals surface area contributed by atoms with Crippen LogP contribution in [0.1, 0.15) is 34.8 Å². The standard InChI is InChI=1S/C28H32F2N2O.C7H8O3S/c29-26-12-8-24(9-13-26)28(25-10-14-27(30)15-11-25)33-22-21-32-19-17-31(18-20-32)16-4-7-23-5-2-1-3-6-23;1-6-4-2-3-5-7(6)11(8,9)10/h1-3,5-6,8-15,28H,4,7,16-22H2;2-5H,1H3,(H,8,9,10). The van der Waals surface area contributed by atoms with Crippen LogP contribution in [-0.4, -0.2) is 68.6 Å². The molecule has 0 radical (unpaired) electrons. The van der Waals surface area contributed by atoms with Gasteiger partial charge in [-0.25, -0.2) is 8.78 Å². The van der Waals surface area contributed by atoms with Crippen LogP contribution in [0, 0.1) is 18.6 Å². The van der Waals surface area contributed by atoms with E-state index in [1.807, 2.05) is 0 Å². The summed E-state index contributed by atoms with van der Waals surface area (Å²) in [6, 6.07) is 29.6. The van der Waals surface area contributed by atoms with Gasteiger partial charge in [0, 0.05) is 32.7 Å². The molecule has 0 bridgehead atoms. The van der Waals surface area contributed by atoms with Gasteiger partial charge in [0.2, 0.25) is 0 Å². The van der Waals surface area contributed by atoms with E-state index in [0.29, 0.717) is 12.2 Å². The molecule has 0 spiro atoms. The number of piperazine rings is 1. The molecule has 234 valence electrons. The molecule has 0 aromatic heterocycles. The van der Waals surface area contributed by atoms with E-state index in [-0.39, 0.29) is 22.6 Å². The fourth-order valence-corrected chi connectivity index (χ4v) is 5.92. The number of halogens is 2. The Morgan fingerprint density at radius 1 is 0.727 bits per heavy atom. The van der Waals surface area contributed by atoms with Gasteiger partial charge in [0.15, 0.2) is 0 Å². The highest BCUT2D eigenvalue weighted by Gasteiger charge is 2.19. The van der Waals surface area contributed by atoms with Crippen molar-refractivity contribution in [1.29, 1.82) is 0 Å². The molecular weight excluding hydrogens is 582 g/mol. The fraction of sp³-hybridized carbons (Fsp3) is 0.314. The predicted octanol–water partition coefficient (Wildman–Crippen LogP) is 6.56. The first-order chi connectivity index (χ1) is 21.2. The Hall–Kier alpha value is -3.47. The summed E-state index contributed by atoms with van der Waals surface area (Å²) < 4.78 is 62.9. The zero-order valence-electron chi connectivity index (χ0n) is 25.0. The smallest absolute Gasteiger partial charge is 0.294 e. The minimum absolute atomic E-state index is 0.0278. The average molecular weight is 623 g/mol. The quantitative estimate of drug-likeness (QED) is 0.191. The Labute approximate surface area is 259 Å². The molecule has 5 rings (SSSR count).